The third-order valence-corrected chi connectivity index (χ3v) is 5.67. The second-order valence-corrected chi connectivity index (χ2v) is 7.72. The van der Waals surface area contributed by atoms with Crippen LogP contribution in [0.2, 0.25) is 0 Å². The molecule has 0 aliphatic carbocycles. The Morgan fingerprint density at radius 3 is 2.63 bits per heavy atom. The zero-order valence-corrected chi connectivity index (χ0v) is 15.3. The van der Waals surface area contributed by atoms with Crippen molar-refractivity contribution in [2.24, 2.45) is 5.92 Å². The highest BCUT2D eigenvalue weighted by molar-refractivity contribution is 7.13. The Labute approximate surface area is 157 Å². The number of nitrogens with zero attached hydrogens (tertiary/aromatic N) is 4. The van der Waals surface area contributed by atoms with Crippen molar-refractivity contribution < 1.29 is 18.0 Å². The van der Waals surface area contributed by atoms with E-state index in [-0.39, 0.29) is 22.9 Å². The summed E-state index contributed by atoms with van der Waals surface area (Å²) in [4.78, 5) is 19.3. The quantitative estimate of drug-likeness (QED) is 0.649. The number of hydrogen-bond donors (Lipinski definition) is 0. The van der Waals surface area contributed by atoms with Crippen molar-refractivity contribution in [1.29, 1.82) is 0 Å². The highest BCUT2D eigenvalue weighted by Gasteiger charge is 2.36. The van der Waals surface area contributed by atoms with Gasteiger partial charge in [0, 0.05) is 19.2 Å². The fourth-order valence-electron chi connectivity index (χ4n) is 3.21. The van der Waals surface area contributed by atoms with Gasteiger partial charge in [-0.05, 0) is 36.3 Å². The van der Waals surface area contributed by atoms with E-state index in [4.69, 9.17) is 0 Å². The minimum atomic E-state index is -4.61. The predicted molar refractivity (Wildman–Crippen MR) is 95.6 cm³/mol. The molecular weight excluding hydrogens is 377 g/mol. The molecule has 0 unspecified atom stereocenters. The number of carbonyl (C=O) groups is 1. The van der Waals surface area contributed by atoms with Crippen LogP contribution in [-0.4, -0.2) is 38.5 Å². The lowest BCUT2D eigenvalue weighted by Crippen LogP contribution is -2.38. The van der Waals surface area contributed by atoms with E-state index in [1.165, 1.54) is 17.4 Å². The van der Waals surface area contributed by atoms with Gasteiger partial charge in [0.15, 0.2) is 17.0 Å². The molecule has 1 fully saturated rings. The van der Waals surface area contributed by atoms with E-state index in [0.29, 0.717) is 23.9 Å². The summed E-state index contributed by atoms with van der Waals surface area (Å²) in [6, 6.07) is 5.78. The van der Waals surface area contributed by atoms with Crippen LogP contribution < -0.4 is 0 Å². The Kier molecular flexibility index (Phi) is 4.41. The number of likely N-dealkylation sites (tertiary alicyclic amines) is 1. The first-order valence-corrected chi connectivity index (χ1v) is 9.52. The predicted octanol–water partition coefficient (Wildman–Crippen LogP) is 4.35. The van der Waals surface area contributed by atoms with E-state index < -0.39 is 11.9 Å². The van der Waals surface area contributed by atoms with Crippen LogP contribution in [-0.2, 0) is 6.18 Å². The minimum Gasteiger partial charge on any atom is -0.337 e. The van der Waals surface area contributed by atoms with Crippen molar-refractivity contribution in [2.75, 3.05) is 13.1 Å². The summed E-state index contributed by atoms with van der Waals surface area (Å²) in [6.07, 6.45) is -2.85. The van der Waals surface area contributed by atoms with Gasteiger partial charge in [-0.2, -0.15) is 18.3 Å². The highest BCUT2D eigenvalue weighted by atomic mass is 32.1. The number of hydrogen-bond acceptors (Lipinski definition) is 4. The second-order valence-electron chi connectivity index (χ2n) is 6.78. The maximum absolute atomic E-state index is 13.6. The number of halogens is 3. The van der Waals surface area contributed by atoms with Crippen LogP contribution in [0.4, 0.5) is 13.2 Å². The molecule has 3 aromatic rings. The number of alkyl halides is 3. The molecule has 0 aromatic carbocycles. The molecule has 4 heterocycles. The van der Waals surface area contributed by atoms with Crippen molar-refractivity contribution in [3.63, 3.8) is 0 Å². The van der Waals surface area contributed by atoms with Gasteiger partial charge in [-0.15, -0.1) is 11.3 Å². The average Bonchev–Trinajstić information content (AvgIpc) is 3.29. The maximum atomic E-state index is 13.6. The Hall–Kier alpha value is -2.42. The lowest BCUT2D eigenvalue weighted by molar-refractivity contribution is -0.142. The molecule has 0 radical (unpaired) electrons. The summed E-state index contributed by atoms with van der Waals surface area (Å²) >= 11 is 1.31. The number of rotatable bonds is 2. The van der Waals surface area contributed by atoms with Gasteiger partial charge in [-0.1, -0.05) is 13.0 Å². The van der Waals surface area contributed by atoms with Crippen LogP contribution in [0, 0.1) is 5.92 Å². The number of aromatic nitrogens is 3. The molecule has 27 heavy (non-hydrogen) atoms. The largest absolute Gasteiger partial charge is 0.433 e. The Morgan fingerprint density at radius 1 is 1.26 bits per heavy atom. The minimum absolute atomic E-state index is 0.00844. The van der Waals surface area contributed by atoms with Gasteiger partial charge < -0.3 is 4.90 Å². The molecule has 1 aliphatic rings. The van der Waals surface area contributed by atoms with Crippen LogP contribution in [0.5, 0.6) is 0 Å². The second kappa shape index (κ2) is 6.63. The monoisotopic (exact) mass is 394 g/mol. The van der Waals surface area contributed by atoms with Gasteiger partial charge in [0.1, 0.15) is 0 Å². The van der Waals surface area contributed by atoms with Crippen molar-refractivity contribution >= 4 is 22.9 Å². The third-order valence-electron chi connectivity index (χ3n) is 4.78. The van der Waals surface area contributed by atoms with Gasteiger partial charge in [0.2, 0.25) is 0 Å². The third kappa shape index (κ3) is 3.43. The average molecular weight is 394 g/mol. The van der Waals surface area contributed by atoms with Crippen molar-refractivity contribution in [3.05, 3.63) is 41.0 Å². The molecule has 9 heteroatoms. The number of piperidine rings is 1. The fourth-order valence-corrected chi connectivity index (χ4v) is 3.89. The van der Waals surface area contributed by atoms with Gasteiger partial charge >= 0.3 is 6.18 Å². The van der Waals surface area contributed by atoms with E-state index in [2.05, 4.69) is 17.0 Å². The molecule has 1 amide bonds. The lowest BCUT2D eigenvalue weighted by Gasteiger charge is -2.29. The summed E-state index contributed by atoms with van der Waals surface area (Å²) in [7, 11) is 0. The SMILES string of the molecule is CC1CCN(C(=O)c2cc3nc(-c4cccs4)cc(C(F)(F)F)n3n2)CC1. The smallest absolute Gasteiger partial charge is 0.337 e. The van der Waals surface area contributed by atoms with Gasteiger partial charge in [-0.3, -0.25) is 4.79 Å². The number of fused-ring (bicyclic) bond motifs is 1. The highest BCUT2D eigenvalue weighted by Crippen LogP contribution is 2.33. The van der Waals surface area contributed by atoms with E-state index >= 15 is 0 Å². The first-order chi connectivity index (χ1) is 12.8. The Balaban J connectivity index is 1.77. The van der Waals surface area contributed by atoms with Gasteiger partial charge in [0.25, 0.3) is 5.91 Å². The molecule has 1 aliphatic heterocycles. The summed E-state index contributed by atoms with van der Waals surface area (Å²) in [6.45, 7) is 3.31. The van der Waals surface area contributed by atoms with E-state index in [1.54, 1.807) is 22.4 Å². The summed E-state index contributed by atoms with van der Waals surface area (Å²) in [5, 5.41) is 5.72. The normalized spacial score (nSPS) is 16.2. The zero-order chi connectivity index (χ0) is 19.2. The van der Waals surface area contributed by atoms with Crippen LogP contribution in [0.25, 0.3) is 16.2 Å². The van der Waals surface area contributed by atoms with E-state index in [1.807, 2.05) is 0 Å². The summed E-state index contributed by atoms with van der Waals surface area (Å²) < 4.78 is 41.4. The molecule has 1 saturated heterocycles. The van der Waals surface area contributed by atoms with Gasteiger partial charge in [-0.25, -0.2) is 9.50 Å². The molecule has 142 valence electrons. The zero-order valence-electron chi connectivity index (χ0n) is 14.5. The first kappa shape index (κ1) is 18.0. The molecular formula is C18H17F3N4OS. The Morgan fingerprint density at radius 2 is 2.00 bits per heavy atom. The maximum Gasteiger partial charge on any atom is 0.433 e. The van der Waals surface area contributed by atoms with Crippen molar-refractivity contribution in [2.45, 2.75) is 25.9 Å². The van der Waals surface area contributed by atoms with E-state index in [0.717, 1.165) is 23.4 Å². The topological polar surface area (TPSA) is 50.5 Å². The summed E-state index contributed by atoms with van der Waals surface area (Å²) in [5.74, 6) is 0.195. The molecule has 0 atom stereocenters. The number of carbonyl (C=O) groups excluding carboxylic acids is 1. The molecule has 0 spiro atoms. The van der Waals surface area contributed by atoms with Crippen LogP contribution in [0.15, 0.2) is 29.6 Å². The summed E-state index contributed by atoms with van der Waals surface area (Å²) in [5.41, 5.74) is -0.717. The molecule has 0 N–H and O–H groups in total. The standard InChI is InChI=1S/C18H17F3N4OS/c1-11-4-6-24(7-5-11)17(26)13-10-16-22-12(14-3-2-8-27-14)9-15(18(19,20)21)25(16)23-13/h2-3,8-11H,4-7H2,1H3. The molecule has 4 rings (SSSR count). The van der Waals surface area contributed by atoms with Crippen LogP contribution >= 0.6 is 11.3 Å². The Bertz CT molecular complexity index is 973. The molecule has 5 nitrogen and oxygen atoms in total. The lowest BCUT2D eigenvalue weighted by atomic mass is 9.99. The first-order valence-electron chi connectivity index (χ1n) is 8.64. The van der Waals surface area contributed by atoms with Crippen molar-refractivity contribution in [3.8, 4) is 10.6 Å². The van der Waals surface area contributed by atoms with Crippen molar-refractivity contribution in [1.82, 2.24) is 19.5 Å². The van der Waals surface area contributed by atoms with Gasteiger partial charge in [0.05, 0.1) is 10.6 Å². The molecule has 0 saturated carbocycles. The van der Waals surface area contributed by atoms with E-state index in [9.17, 15) is 18.0 Å². The number of thiophene rings is 1. The number of amides is 1. The van der Waals surface area contributed by atoms with Crippen LogP contribution in [0.3, 0.4) is 0 Å². The fraction of sp³-hybridized carbons (Fsp3) is 0.389. The van der Waals surface area contributed by atoms with Crippen LogP contribution in [0.1, 0.15) is 35.9 Å². The molecule has 3 aromatic heterocycles. The molecule has 0 bridgehead atoms.